The summed E-state index contributed by atoms with van der Waals surface area (Å²) in [6.45, 7) is 0. The molecular weight excluding hydrogens is 322 g/mol. The number of carbonyl (C=O) groups excluding carboxylic acids is 1. The highest BCUT2D eigenvalue weighted by molar-refractivity contribution is 14.1. The Labute approximate surface area is 99.6 Å². The summed E-state index contributed by atoms with van der Waals surface area (Å²) >= 11 is 14.0. The minimum absolute atomic E-state index is 0.156. The lowest BCUT2D eigenvalue weighted by Crippen LogP contribution is -1.96. The predicted molar refractivity (Wildman–Crippen MR) is 61.8 cm³/mol. The SMILES string of the molecule is O=C1CCc2c(Cl)cc(Cl)c(I)c21. The average molecular weight is 327 g/mol. The van der Waals surface area contributed by atoms with E-state index in [1.807, 2.05) is 0 Å². The van der Waals surface area contributed by atoms with Crippen molar-refractivity contribution in [3.63, 3.8) is 0 Å². The molecule has 0 heterocycles. The fourth-order valence-corrected chi connectivity index (χ4v) is 2.87. The molecule has 0 aromatic heterocycles. The number of benzene rings is 1. The van der Waals surface area contributed by atoms with Crippen molar-refractivity contribution in [2.24, 2.45) is 0 Å². The lowest BCUT2D eigenvalue weighted by molar-refractivity contribution is 0.0994. The van der Waals surface area contributed by atoms with Gasteiger partial charge < -0.3 is 0 Å². The third kappa shape index (κ3) is 1.49. The maximum absolute atomic E-state index is 11.5. The third-order valence-electron chi connectivity index (χ3n) is 2.15. The van der Waals surface area contributed by atoms with Crippen LogP contribution in [0.15, 0.2) is 6.07 Å². The van der Waals surface area contributed by atoms with Gasteiger partial charge in [-0.3, -0.25) is 4.79 Å². The van der Waals surface area contributed by atoms with Crippen LogP contribution in [0.4, 0.5) is 0 Å². The molecule has 0 unspecified atom stereocenters. The van der Waals surface area contributed by atoms with Crippen LogP contribution >= 0.6 is 45.8 Å². The summed E-state index contributed by atoms with van der Waals surface area (Å²) in [5.41, 5.74) is 1.69. The molecule has 1 aromatic rings. The van der Waals surface area contributed by atoms with E-state index in [1.54, 1.807) is 6.07 Å². The Kier molecular flexibility index (Phi) is 2.55. The normalized spacial score (nSPS) is 14.8. The monoisotopic (exact) mass is 326 g/mol. The first-order valence-electron chi connectivity index (χ1n) is 3.81. The number of hydrogen-bond donors (Lipinski definition) is 0. The molecule has 0 bridgehead atoms. The van der Waals surface area contributed by atoms with Crippen molar-refractivity contribution in [3.8, 4) is 0 Å². The summed E-state index contributed by atoms with van der Waals surface area (Å²) in [7, 11) is 0. The largest absolute Gasteiger partial charge is 0.294 e. The predicted octanol–water partition coefficient (Wildman–Crippen LogP) is 3.73. The first-order valence-corrected chi connectivity index (χ1v) is 5.64. The zero-order valence-electron chi connectivity index (χ0n) is 6.53. The summed E-state index contributed by atoms with van der Waals surface area (Å²) in [5.74, 6) is 0.156. The number of halogens is 3. The molecule has 0 fully saturated rings. The average Bonchev–Trinajstić information content (AvgIpc) is 2.44. The van der Waals surface area contributed by atoms with E-state index in [9.17, 15) is 4.79 Å². The molecule has 1 nitrogen and oxygen atoms in total. The highest BCUT2D eigenvalue weighted by Gasteiger charge is 2.26. The van der Waals surface area contributed by atoms with Gasteiger partial charge in [0.15, 0.2) is 5.78 Å². The number of Topliss-reactive ketones (excluding diaryl/α,β-unsaturated/α-hetero) is 1. The van der Waals surface area contributed by atoms with Crippen molar-refractivity contribution >= 4 is 51.6 Å². The molecule has 1 aliphatic carbocycles. The Morgan fingerprint density at radius 2 is 1.92 bits per heavy atom. The zero-order valence-corrected chi connectivity index (χ0v) is 10.2. The number of carbonyl (C=O) groups is 1. The fourth-order valence-electron chi connectivity index (χ4n) is 1.53. The second-order valence-corrected chi connectivity index (χ2v) is 4.82. The molecule has 0 N–H and O–H groups in total. The topological polar surface area (TPSA) is 17.1 Å². The van der Waals surface area contributed by atoms with E-state index in [4.69, 9.17) is 23.2 Å². The molecule has 0 aliphatic heterocycles. The Bertz CT molecular complexity index is 401. The molecule has 1 aliphatic rings. The maximum atomic E-state index is 11.5. The van der Waals surface area contributed by atoms with Crippen molar-refractivity contribution in [3.05, 3.63) is 30.8 Å². The van der Waals surface area contributed by atoms with Gasteiger partial charge in [0.05, 0.1) is 5.02 Å². The lowest BCUT2D eigenvalue weighted by atomic mass is 10.1. The van der Waals surface area contributed by atoms with E-state index < -0.39 is 0 Å². The van der Waals surface area contributed by atoms with Crippen LogP contribution in [0.3, 0.4) is 0 Å². The minimum Gasteiger partial charge on any atom is -0.294 e. The van der Waals surface area contributed by atoms with E-state index in [2.05, 4.69) is 22.6 Å². The van der Waals surface area contributed by atoms with Crippen molar-refractivity contribution in [1.29, 1.82) is 0 Å². The molecule has 0 radical (unpaired) electrons. The molecule has 0 amide bonds. The maximum Gasteiger partial charge on any atom is 0.164 e. The second kappa shape index (κ2) is 3.41. The Hall–Kier alpha value is 0.200. The van der Waals surface area contributed by atoms with Crippen molar-refractivity contribution < 1.29 is 4.79 Å². The summed E-state index contributed by atoms with van der Waals surface area (Å²) < 4.78 is 0.834. The number of fused-ring (bicyclic) bond motifs is 1. The third-order valence-corrected chi connectivity index (χ3v) is 4.23. The molecule has 68 valence electrons. The molecule has 1 aromatic carbocycles. The van der Waals surface area contributed by atoms with E-state index >= 15 is 0 Å². The molecule has 0 spiro atoms. The van der Waals surface area contributed by atoms with Gasteiger partial charge >= 0.3 is 0 Å². The summed E-state index contributed by atoms with van der Waals surface area (Å²) in [5, 5.41) is 1.19. The Morgan fingerprint density at radius 1 is 1.23 bits per heavy atom. The van der Waals surface area contributed by atoms with Gasteiger partial charge in [0.25, 0.3) is 0 Å². The molecular formula is C9H5Cl2IO. The Morgan fingerprint density at radius 3 is 2.62 bits per heavy atom. The first-order chi connectivity index (χ1) is 6.11. The molecule has 13 heavy (non-hydrogen) atoms. The van der Waals surface area contributed by atoms with Gasteiger partial charge in [-0.15, -0.1) is 0 Å². The van der Waals surface area contributed by atoms with Crippen molar-refractivity contribution in [1.82, 2.24) is 0 Å². The molecule has 4 heteroatoms. The van der Waals surface area contributed by atoms with Gasteiger partial charge in [-0.25, -0.2) is 0 Å². The van der Waals surface area contributed by atoms with Gasteiger partial charge in [0.2, 0.25) is 0 Å². The van der Waals surface area contributed by atoms with Gasteiger partial charge in [0, 0.05) is 20.6 Å². The highest BCUT2D eigenvalue weighted by Crippen LogP contribution is 2.36. The lowest BCUT2D eigenvalue weighted by Gasteiger charge is -2.05. The standard InChI is InChI=1S/C9H5Cl2IO/c10-5-3-6(11)9(12)8-4(5)1-2-7(8)13/h3H,1-2H2. The zero-order chi connectivity index (χ0) is 9.59. The second-order valence-electron chi connectivity index (χ2n) is 2.93. The smallest absolute Gasteiger partial charge is 0.164 e. The Balaban J connectivity index is 2.77. The van der Waals surface area contributed by atoms with Gasteiger partial charge in [-0.1, -0.05) is 23.2 Å². The minimum atomic E-state index is 0.156. The molecule has 0 saturated heterocycles. The van der Waals surface area contributed by atoms with Gasteiger partial charge in [0.1, 0.15) is 0 Å². The highest BCUT2D eigenvalue weighted by atomic mass is 127. The van der Waals surface area contributed by atoms with Gasteiger partial charge in [-0.05, 0) is 40.6 Å². The number of rotatable bonds is 0. The van der Waals surface area contributed by atoms with E-state index in [1.165, 1.54) is 0 Å². The summed E-state index contributed by atoms with van der Waals surface area (Å²) in [6.07, 6.45) is 1.31. The first kappa shape index (κ1) is 9.74. The summed E-state index contributed by atoms with van der Waals surface area (Å²) in [4.78, 5) is 11.5. The van der Waals surface area contributed by atoms with E-state index in [0.717, 1.165) is 21.1 Å². The fraction of sp³-hybridized carbons (Fsp3) is 0.222. The van der Waals surface area contributed by atoms with Gasteiger partial charge in [-0.2, -0.15) is 0 Å². The van der Waals surface area contributed by atoms with Crippen LogP contribution in [-0.2, 0) is 6.42 Å². The molecule has 0 atom stereocenters. The quantitative estimate of drug-likeness (QED) is 0.524. The molecule has 2 rings (SSSR count). The van der Waals surface area contributed by atoms with Crippen molar-refractivity contribution in [2.75, 3.05) is 0 Å². The summed E-state index contributed by atoms with van der Waals surface area (Å²) in [6, 6.07) is 1.71. The van der Waals surface area contributed by atoms with Crippen LogP contribution in [0.25, 0.3) is 0 Å². The van der Waals surface area contributed by atoms with E-state index in [-0.39, 0.29) is 5.78 Å². The van der Waals surface area contributed by atoms with Crippen LogP contribution < -0.4 is 0 Å². The van der Waals surface area contributed by atoms with Crippen LogP contribution in [0, 0.1) is 3.57 Å². The van der Waals surface area contributed by atoms with E-state index in [0.29, 0.717) is 16.5 Å². The van der Waals surface area contributed by atoms with Crippen LogP contribution in [0.1, 0.15) is 22.3 Å². The van der Waals surface area contributed by atoms with Crippen LogP contribution in [-0.4, -0.2) is 5.78 Å². The van der Waals surface area contributed by atoms with Crippen LogP contribution in [0.5, 0.6) is 0 Å². The van der Waals surface area contributed by atoms with Crippen molar-refractivity contribution in [2.45, 2.75) is 12.8 Å². The molecule has 0 saturated carbocycles. The number of hydrogen-bond acceptors (Lipinski definition) is 1. The number of ketones is 1. The van der Waals surface area contributed by atoms with Crippen LogP contribution in [0.2, 0.25) is 10.0 Å².